The minimum Gasteiger partial charge on any atom is -0.379 e. The Morgan fingerprint density at radius 1 is 1.41 bits per heavy atom. The monoisotopic (exact) mass is 262 g/mol. The summed E-state index contributed by atoms with van der Waals surface area (Å²) in [5.41, 5.74) is 0. The van der Waals surface area contributed by atoms with Gasteiger partial charge in [-0.2, -0.15) is 0 Å². The third-order valence-electron chi connectivity index (χ3n) is 3.86. The summed E-state index contributed by atoms with van der Waals surface area (Å²) in [6, 6.07) is 0.0610. The van der Waals surface area contributed by atoms with Crippen molar-refractivity contribution in [2.24, 2.45) is 5.92 Å². The fourth-order valence-electron chi connectivity index (χ4n) is 2.66. The minimum absolute atomic E-state index is 0. The van der Waals surface area contributed by atoms with E-state index < -0.39 is 0 Å². The number of hydrogen-bond acceptors (Lipinski definition) is 3. The molecule has 5 heteroatoms. The fraction of sp³-hybridized carbons (Fsp3) is 0.917. The van der Waals surface area contributed by atoms with Crippen LogP contribution in [-0.4, -0.2) is 49.7 Å². The van der Waals surface area contributed by atoms with Gasteiger partial charge in [0.1, 0.15) is 0 Å². The standard InChI is InChI=1S/C12H22N2O2.ClH/c1-9-5-7-14(8-11(9)16-2)12(15)10-4-3-6-13-10;/h9-11,13H,3-8H2,1-2H3;1H/t9?,10-,11?;/m0./s1. The molecule has 2 heterocycles. The molecule has 2 fully saturated rings. The van der Waals surface area contributed by atoms with Crippen LogP contribution in [-0.2, 0) is 9.53 Å². The van der Waals surface area contributed by atoms with E-state index in [0.29, 0.717) is 5.92 Å². The van der Waals surface area contributed by atoms with E-state index in [1.165, 1.54) is 0 Å². The summed E-state index contributed by atoms with van der Waals surface area (Å²) in [5, 5.41) is 3.27. The van der Waals surface area contributed by atoms with Crippen molar-refractivity contribution in [3.63, 3.8) is 0 Å². The number of carbonyl (C=O) groups is 1. The molecule has 100 valence electrons. The van der Waals surface area contributed by atoms with Gasteiger partial charge in [0.15, 0.2) is 0 Å². The van der Waals surface area contributed by atoms with Crippen LogP contribution >= 0.6 is 12.4 Å². The van der Waals surface area contributed by atoms with Gasteiger partial charge in [-0.05, 0) is 31.7 Å². The molecule has 2 unspecified atom stereocenters. The summed E-state index contributed by atoms with van der Waals surface area (Å²) >= 11 is 0. The van der Waals surface area contributed by atoms with Gasteiger partial charge in [-0.1, -0.05) is 6.92 Å². The van der Waals surface area contributed by atoms with Crippen LogP contribution < -0.4 is 5.32 Å². The predicted molar refractivity (Wildman–Crippen MR) is 69.4 cm³/mol. The van der Waals surface area contributed by atoms with Crippen LogP contribution in [0, 0.1) is 5.92 Å². The van der Waals surface area contributed by atoms with Gasteiger partial charge in [0, 0.05) is 20.2 Å². The number of piperidine rings is 1. The Balaban J connectivity index is 0.00000144. The lowest BCUT2D eigenvalue weighted by molar-refractivity contribution is -0.138. The molecule has 0 bridgehead atoms. The Labute approximate surface area is 109 Å². The summed E-state index contributed by atoms with van der Waals surface area (Å²) in [6.07, 6.45) is 3.37. The lowest BCUT2D eigenvalue weighted by Gasteiger charge is -2.37. The number of likely N-dealkylation sites (tertiary alicyclic amines) is 1. The summed E-state index contributed by atoms with van der Waals surface area (Å²) in [4.78, 5) is 14.1. The average Bonchev–Trinajstić information content (AvgIpc) is 2.82. The molecule has 0 aliphatic carbocycles. The van der Waals surface area contributed by atoms with E-state index in [-0.39, 0.29) is 30.5 Å². The predicted octanol–water partition coefficient (Wildman–Crippen LogP) is 1.04. The SMILES string of the molecule is COC1CN(C(=O)[C@@H]2CCCN2)CCC1C.Cl. The molecule has 2 saturated heterocycles. The minimum atomic E-state index is 0. The van der Waals surface area contributed by atoms with Gasteiger partial charge in [-0.3, -0.25) is 4.79 Å². The fourth-order valence-corrected chi connectivity index (χ4v) is 2.66. The van der Waals surface area contributed by atoms with Gasteiger partial charge in [0.05, 0.1) is 12.1 Å². The van der Waals surface area contributed by atoms with Crippen LogP contribution in [0.2, 0.25) is 0 Å². The highest BCUT2D eigenvalue weighted by Crippen LogP contribution is 2.21. The first-order valence-electron chi connectivity index (χ1n) is 6.27. The van der Waals surface area contributed by atoms with Crippen molar-refractivity contribution in [2.45, 2.75) is 38.3 Å². The van der Waals surface area contributed by atoms with Crippen LogP contribution in [0.4, 0.5) is 0 Å². The van der Waals surface area contributed by atoms with Crippen LogP contribution in [0.5, 0.6) is 0 Å². The van der Waals surface area contributed by atoms with Crippen molar-refractivity contribution in [2.75, 3.05) is 26.7 Å². The molecule has 2 aliphatic heterocycles. The molecule has 17 heavy (non-hydrogen) atoms. The summed E-state index contributed by atoms with van der Waals surface area (Å²) in [5.74, 6) is 0.831. The maximum Gasteiger partial charge on any atom is 0.239 e. The third kappa shape index (κ3) is 3.33. The Kier molecular flexibility index (Phi) is 5.70. The molecule has 0 aromatic carbocycles. The third-order valence-corrected chi connectivity index (χ3v) is 3.86. The molecular formula is C12H23ClN2O2. The highest BCUT2D eigenvalue weighted by atomic mass is 35.5. The number of carbonyl (C=O) groups excluding carboxylic acids is 1. The van der Waals surface area contributed by atoms with Crippen LogP contribution in [0.1, 0.15) is 26.2 Å². The molecule has 0 aromatic heterocycles. The first kappa shape index (κ1) is 14.7. The molecular weight excluding hydrogens is 240 g/mol. The zero-order valence-corrected chi connectivity index (χ0v) is 11.5. The Bertz CT molecular complexity index is 257. The second kappa shape index (κ2) is 6.57. The quantitative estimate of drug-likeness (QED) is 0.809. The number of nitrogens with one attached hydrogen (secondary N) is 1. The number of hydrogen-bond donors (Lipinski definition) is 1. The van der Waals surface area contributed by atoms with Crippen LogP contribution in [0.15, 0.2) is 0 Å². The van der Waals surface area contributed by atoms with Crippen LogP contribution in [0.3, 0.4) is 0 Å². The highest BCUT2D eigenvalue weighted by Gasteiger charge is 2.33. The maximum absolute atomic E-state index is 12.2. The molecule has 1 N–H and O–H groups in total. The second-order valence-corrected chi connectivity index (χ2v) is 4.97. The Morgan fingerprint density at radius 2 is 2.18 bits per heavy atom. The zero-order chi connectivity index (χ0) is 11.5. The lowest BCUT2D eigenvalue weighted by Crippen LogP contribution is -2.51. The number of methoxy groups -OCH3 is 1. The van der Waals surface area contributed by atoms with Crippen molar-refractivity contribution in [1.82, 2.24) is 10.2 Å². The molecule has 0 spiro atoms. The largest absolute Gasteiger partial charge is 0.379 e. The van der Waals surface area contributed by atoms with Gasteiger partial charge >= 0.3 is 0 Å². The number of nitrogens with zero attached hydrogens (tertiary/aromatic N) is 1. The van der Waals surface area contributed by atoms with Crippen molar-refractivity contribution < 1.29 is 9.53 Å². The summed E-state index contributed by atoms with van der Waals surface area (Å²) in [6.45, 7) is 4.82. The zero-order valence-electron chi connectivity index (χ0n) is 10.6. The van der Waals surface area contributed by atoms with E-state index in [2.05, 4.69) is 12.2 Å². The van der Waals surface area contributed by atoms with Gasteiger partial charge in [-0.15, -0.1) is 12.4 Å². The van der Waals surface area contributed by atoms with Gasteiger partial charge < -0.3 is 15.0 Å². The van der Waals surface area contributed by atoms with E-state index >= 15 is 0 Å². The molecule has 1 amide bonds. The van der Waals surface area contributed by atoms with Gasteiger partial charge in [0.25, 0.3) is 0 Å². The Hall–Kier alpha value is -0.320. The summed E-state index contributed by atoms with van der Waals surface area (Å²) in [7, 11) is 1.74. The van der Waals surface area contributed by atoms with Gasteiger partial charge in [-0.25, -0.2) is 0 Å². The normalized spacial score (nSPS) is 33.3. The molecule has 2 rings (SSSR count). The van der Waals surface area contributed by atoms with E-state index in [9.17, 15) is 4.79 Å². The van der Waals surface area contributed by atoms with E-state index in [0.717, 1.165) is 38.9 Å². The second-order valence-electron chi connectivity index (χ2n) is 4.97. The first-order valence-corrected chi connectivity index (χ1v) is 6.27. The molecule has 2 aliphatic rings. The lowest BCUT2D eigenvalue weighted by atomic mass is 9.95. The number of amides is 1. The van der Waals surface area contributed by atoms with Crippen molar-refractivity contribution in [3.8, 4) is 0 Å². The summed E-state index contributed by atoms with van der Waals surface area (Å²) < 4.78 is 5.43. The van der Waals surface area contributed by atoms with Crippen LogP contribution in [0.25, 0.3) is 0 Å². The van der Waals surface area contributed by atoms with E-state index in [1.54, 1.807) is 7.11 Å². The smallest absolute Gasteiger partial charge is 0.239 e. The number of halogens is 1. The molecule has 0 aromatic rings. The average molecular weight is 263 g/mol. The van der Waals surface area contributed by atoms with Crippen molar-refractivity contribution in [3.05, 3.63) is 0 Å². The van der Waals surface area contributed by atoms with Gasteiger partial charge in [0.2, 0.25) is 5.91 Å². The highest BCUT2D eigenvalue weighted by molar-refractivity contribution is 5.85. The molecule has 3 atom stereocenters. The van der Waals surface area contributed by atoms with Crippen molar-refractivity contribution >= 4 is 18.3 Å². The van der Waals surface area contributed by atoms with Crippen molar-refractivity contribution in [1.29, 1.82) is 0 Å². The molecule has 0 saturated carbocycles. The maximum atomic E-state index is 12.2. The van der Waals surface area contributed by atoms with E-state index in [1.807, 2.05) is 4.90 Å². The number of rotatable bonds is 2. The first-order chi connectivity index (χ1) is 7.72. The topological polar surface area (TPSA) is 41.6 Å². The number of ether oxygens (including phenoxy) is 1. The molecule has 0 radical (unpaired) electrons. The molecule has 4 nitrogen and oxygen atoms in total. The Morgan fingerprint density at radius 3 is 2.76 bits per heavy atom. The van der Waals surface area contributed by atoms with E-state index in [4.69, 9.17) is 4.74 Å².